The third-order valence-corrected chi connectivity index (χ3v) is 4.43. The van der Waals surface area contributed by atoms with Crippen molar-refractivity contribution in [2.75, 3.05) is 13.1 Å². The standard InChI is InChI=1S/C18H25N3O/c1-12(2)19-18(22)21-8-6-14(7-9-21)17-11-15-10-13(3)4-5-16(15)20-17/h4-5,10-12,14,20H,6-9H2,1-3H3,(H,19,22). The van der Waals surface area contributed by atoms with Crippen molar-refractivity contribution in [3.8, 4) is 0 Å². The highest BCUT2D eigenvalue weighted by Crippen LogP contribution is 2.30. The van der Waals surface area contributed by atoms with E-state index in [1.54, 1.807) is 0 Å². The molecule has 0 radical (unpaired) electrons. The lowest BCUT2D eigenvalue weighted by Crippen LogP contribution is -2.46. The van der Waals surface area contributed by atoms with E-state index in [-0.39, 0.29) is 12.1 Å². The summed E-state index contributed by atoms with van der Waals surface area (Å²) < 4.78 is 0. The number of fused-ring (bicyclic) bond motifs is 1. The number of aryl methyl sites for hydroxylation is 1. The number of rotatable bonds is 2. The van der Waals surface area contributed by atoms with Crippen LogP contribution in [0, 0.1) is 6.92 Å². The summed E-state index contributed by atoms with van der Waals surface area (Å²) in [5, 5.41) is 4.26. The molecule has 1 aliphatic heterocycles. The van der Waals surface area contributed by atoms with Gasteiger partial charge in [-0.3, -0.25) is 0 Å². The highest BCUT2D eigenvalue weighted by Gasteiger charge is 2.25. The second-order valence-electron chi connectivity index (χ2n) is 6.68. The van der Waals surface area contributed by atoms with Crippen LogP contribution in [-0.4, -0.2) is 35.0 Å². The lowest BCUT2D eigenvalue weighted by atomic mass is 9.93. The minimum atomic E-state index is 0.0701. The lowest BCUT2D eigenvalue weighted by Gasteiger charge is -2.32. The van der Waals surface area contributed by atoms with Crippen molar-refractivity contribution in [3.05, 3.63) is 35.5 Å². The van der Waals surface area contributed by atoms with E-state index < -0.39 is 0 Å². The number of hydrogen-bond acceptors (Lipinski definition) is 1. The molecule has 2 N–H and O–H groups in total. The van der Waals surface area contributed by atoms with Gasteiger partial charge in [0, 0.05) is 36.3 Å². The van der Waals surface area contributed by atoms with Crippen LogP contribution in [0.5, 0.6) is 0 Å². The Bertz CT molecular complexity index is 666. The molecule has 3 rings (SSSR count). The van der Waals surface area contributed by atoms with Crippen LogP contribution in [0.1, 0.15) is 43.9 Å². The molecule has 2 amide bonds. The molecule has 0 bridgehead atoms. The first-order valence-electron chi connectivity index (χ1n) is 8.17. The fraction of sp³-hybridized carbons (Fsp3) is 0.500. The Labute approximate surface area is 131 Å². The van der Waals surface area contributed by atoms with E-state index in [0.29, 0.717) is 5.92 Å². The number of carbonyl (C=O) groups is 1. The number of hydrogen-bond donors (Lipinski definition) is 2. The number of piperidine rings is 1. The smallest absolute Gasteiger partial charge is 0.317 e. The van der Waals surface area contributed by atoms with E-state index in [2.05, 4.69) is 41.5 Å². The zero-order valence-corrected chi connectivity index (χ0v) is 13.6. The summed E-state index contributed by atoms with van der Waals surface area (Å²) in [6, 6.07) is 9.06. The molecule has 4 heteroatoms. The largest absolute Gasteiger partial charge is 0.358 e. The van der Waals surface area contributed by atoms with E-state index in [0.717, 1.165) is 25.9 Å². The minimum absolute atomic E-state index is 0.0701. The predicted molar refractivity (Wildman–Crippen MR) is 90.3 cm³/mol. The highest BCUT2D eigenvalue weighted by molar-refractivity contribution is 5.81. The van der Waals surface area contributed by atoms with Gasteiger partial charge in [0.05, 0.1) is 0 Å². The molecule has 4 nitrogen and oxygen atoms in total. The third-order valence-electron chi connectivity index (χ3n) is 4.43. The molecule has 0 spiro atoms. The molecule has 22 heavy (non-hydrogen) atoms. The number of aromatic nitrogens is 1. The maximum atomic E-state index is 12.0. The number of benzene rings is 1. The first-order valence-corrected chi connectivity index (χ1v) is 8.17. The minimum Gasteiger partial charge on any atom is -0.358 e. The van der Waals surface area contributed by atoms with Crippen LogP contribution >= 0.6 is 0 Å². The monoisotopic (exact) mass is 299 g/mol. The molecule has 1 fully saturated rings. The van der Waals surface area contributed by atoms with E-state index in [1.165, 1.54) is 22.2 Å². The number of aromatic amines is 1. The fourth-order valence-electron chi connectivity index (χ4n) is 3.23. The summed E-state index contributed by atoms with van der Waals surface area (Å²) in [6.07, 6.45) is 2.05. The van der Waals surface area contributed by atoms with Gasteiger partial charge in [-0.25, -0.2) is 4.79 Å². The Morgan fingerprint density at radius 1 is 1.27 bits per heavy atom. The Balaban J connectivity index is 1.66. The van der Waals surface area contributed by atoms with Gasteiger partial charge in [-0.2, -0.15) is 0 Å². The molecule has 2 aromatic rings. The molecule has 0 saturated carbocycles. The topological polar surface area (TPSA) is 48.1 Å². The Kier molecular flexibility index (Phi) is 4.10. The molecule has 0 atom stereocenters. The summed E-state index contributed by atoms with van der Waals surface area (Å²) >= 11 is 0. The maximum absolute atomic E-state index is 12.0. The SMILES string of the molecule is Cc1ccc2[nH]c(C3CCN(C(=O)NC(C)C)CC3)cc2c1. The van der Waals surface area contributed by atoms with Gasteiger partial charge in [0.1, 0.15) is 0 Å². The summed E-state index contributed by atoms with van der Waals surface area (Å²) in [7, 11) is 0. The molecule has 118 valence electrons. The number of nitrogens with one attached hydrogen (secondary N) is 2. The Morgan fingerprint density at radius 2 is 2.00 bits per heavy atom. The van der Waals surface area contributed by atoms with Gasteiger partial charge in [0.2, 0.25) is 0 Å². The van der Waals surface area contributed by atoms with Gasteiger partial charge in [0.15, 0.2) is 0 Å². The highest BCUT2D eigenvalue weighted by atomic mass is 16.2. The van der Waals surface area contributed by atoms with E-state index in [9.17, 15) is 4.79 Å². The Hall–Kier alpha value is -1.97. The van der Waals surface area contributed by atoms with Crippen molar-refractivity contribution in [3.63, 3.8) is 0 Å². The normalized spacial score (nSPS) is 16.5. The van der Waals surface area contributed by atoms with Crippen LogP contribution in [0.15, 0.2) is 24.3 Å². The Morgan fingerprint density at radius 3 is 2.68 bits per heavy atom. The second-order valence-corrected chi connectivity index (χ2v) is 6.68. The number of H-pyrrole nitrogens is 1. The zero-order valence-electron chi connectivity index (χ0n) is 13.6. The van der Waals surface area contributed by atoms with Crippen LogP contribution < -0.4 is 5.32 Å². The first kappa shape index (κ1) is 14.9. The van der Waals surface area contributed by atoms with Gasteiger partial charge in [-0.05, 0) is 57.2 Å². The third kappa shape index (κ3) is 3.11. The number of likely N-dealkylation sites (tertiary alicyclic amines) is 1. The number of amides is 2. The molecule has 1 aromatic carbocycles. The van der Waals surface area contributed by atoms with Crippen molar-refractivity contribution < 1.29 is 4.79 Å². The number of carbonyl (C=O) groups excluding carboxylic acids is 1. The summed E-state index contributed by atoms with van der Waals surface area (Å²) in [6.45, 7) is 7.78. The molecule has 1 aliphatic rings. The van der Waals surface area contributed by atoms with Crippen molar-refractivity contribution in [2.24, 2.45) is 0 Å². The zero-order chi connectivity index (χ0) is 15.7. The van der Waals surface area contributed by atoms with Crippen LogP contribution in [0.3, 0.4) is 0 Å². The predicted octanol–water partition coefficient (Wildman–Crippen LogP) is 3.77. The van der Waals surface area contributed by atoms with Gasteiger partial charge >= 0.3 is 6.03 Å². The molecule has 0 aliphatic carbocycles. The van der Waals surface area contributed by atoms with E-state index >= 15 is 0 Å². The summed E-state index contributed by atoms with van der Waals surface area (Å²) in [4.78, 5) is 17.5. The molecule has 0 unspecified atom stereocenters. The van der Waals surface area contributed by atoms with Crippen LogP contribution in [0.4, 0.5) is 4.79 Å². The van der Waals surface area contributed by atoms with E-state index in [4.69, 9.17) is 0 Å². The summed E-state index contributed by atoms with van der Waals surface area (Å²) in [5.74, 6) is 0.524. The fourth-order valence-corrected chi connectivity index (χ4v) is 3.23. The quantitative estimate of drug-likeness (QED) is 0.871. The molecule has 2 heterocycles. The summed E-state index contributed by atoms with van der Waals surface area (Å²) in [5.41, 5.74) is 3.81. The van der Waals surface area contributed by atoms with Gasteiger partial charge in [-0.1, -0.05) is 11.6 Å². The van der Waals surface area contributed by atoms with Crippen LogP contribution in [-0.2, 0) is 0 Å². The number of nitrogens with zero attached hydrogens (tertiary/aromatic N) is 1. The average Bonchev–Trinajstić information content (AvgIpc) is 2.89. The van der Waals surface area contributed by atoms with Crippen molar-refractivity contribution in [2.45, 2.75) is 45.6 Å². The van der Waals surface area contributed by atoms with Crippen LogP contribution in [0.2, 0.25) is 0 Å². The molecule has 1 saturated heterocycles. The second kappa shape index (κ2) is 6.03. The van der Waals surface area contributed by atoms with Crippen molar-refractivity contribution >= 4 is 16.9 Å². The van der Waals surface area contributed by atoms with Crippen molar-refractivity contribution in [1.29, 1.82) is 0 Å². The number of urea groups is 1. The van der Waals surface area contributed by atoms with Gasteiger partial charge < -0.3 is 15.2 Å². The van der Waals surface area contributed by atoms with Gasteiger partial charge in [-0.15, -0.1) is 0 Å². The molecular weight excluding hydrogens is 274 g/mol. The van der Waals surface area contributed by atoms with Gasteiger partial charge in [0.25, 0.3) is 0 Å². The molecule has 1 aromatic heterocycles. The average molecular weight is 299 g/mol. The van der Waals surface area contributed by atoms with E-state index in [1.807, 2.05) is 18.7 Å². The molecular formula is C18H25N3O. The maximum Gasteiger partial charge on any atom is 0.317 e. The van der Waals surface area contributed by atoms with Crippen molar-refractivity contribution in [1.82, 2.24) is 15.2 Å². The lowest BCUT2D eigenvalue weighted by molar-refractivity contribution is 0.178. The van der Waals surface area contributed by atoms with Crippen LogP contribution in [0.25, 0.3) is 10.9 Å². The first-order chi connectivity index (χ1) is 10.5.